The third-order valence-corrected chi connectivity index (χ3v) is 3.38. The lowest BCUT2D eigenvalue weighted by atomic mass is 10.2. The number of carbonyl (C=O) groups excluding carboxylic acids is 2. The van der Waals surface area contributed by atoms with Gasteiger partial charge in [-0.2, -0.15) is 0 Å². The van der Waals surface area contributed by atoms with Crippen molar-refractivity contribution in [3.05, 3.63) is 47.9 Å². The highest BCUT2D eigenvalue weighted by Crippen LogP contribution is 2.28. The van der Waals surface area contributed by atoms with Crippen molar-refractivity contribution >= 4 is 11.9 Å². The highest BCUT2D eigenvalue weighted by atomic mass is 16.5. The predicted molar refractivity (Wildman–Crippen MR) is 89.7 cm³/mol. The monoisotopic (exact) mass is 347 g/mol. The lowest BCUT2D eigenvalue weighted by Gasteiger charge is -2.12. The van der Waals surface area contributed by atoms with E-state index in [1.165, 1.54) is 19.4 Å². The van der Waals surface area contributed by atoms with E-state index in [-0.39, 0.29) is 18.2 Å². The summed E-state index contributed by atoms with van der Waals surface area (Å²) < 4.78 is 20.8. The van der Waals surface area contributed by atoms with E-state index in [0.29, 0.717) is 23.9 Å². The van der Waals surface area contributed by atoms with E-state index in [4.69, 9.17) is 18.6 Å². The molecule has 134 valence electrons. The first-order valence-corrected chi connectivity index (χ1v) is 7.85. The van der Waals surface area contributed by atoms with E-state index < -0.39 is 11.9 Å². The molecule has 1 aromatic heterocycles. The van der Waals surface area contributed by atoms with Crippen LogP contribution in [0.15, 0.2) is 41.0 Å². The van der Waals surface area contributed by atoms with Crippen LogP contribution in [0.1, 0.15) is 36.0 Å². The third-order valence-electron chi connectivity index (χ3n) is 3.38. The molecular formula is C18H21NO6. The van der Waals surface area contributed by atoms with Crippen LogP contribution in [0.5, 0.6) is 11.5 Å². The summed E-state index contributed by atoms with van der Waals surface area (Å²) in [6, 6.07) is 7.86. The zero-order chi connectivity index (χ0) is 18.2. The van der Waals surface area contributed by atoms with Gasteiger partial charge < -0.3 is 23.9 Å². The molecule has 2 aromatic rings. The van der Waals surface area contributed by atoms with Gasteiger partial charge in [-0.15, -0.1) is 0 Å². The van der Waals surface area contributed by atoms with Crippen molar-refractivity contribution in [3.63, 3.8) is 0 Å². The van der Waals surface area contributed by atoms with E-state index in [0.717, 1.165) is 0 Å². The van der Waals surface area contributed by atoms with Crippen molar-refractivity contribution in [3.8, 4) is 11.5 Å². The molecule has 25 heavy (non-hydrogen) atoms. The average molecular weight is 347 g/mol. The zero-order valence-electron chi connectivity index (χ0n) is 14.4. The van der Waals surface area contributed by atoms with Gasteiger partial charge in [-0.25, -0.2) is 4.79 Å². The number of benzene rings is 1. The first-order chi connectivity index (χ1) is 12.0. The van der Waals surface area contributed by atoms with Crippen molar-refractivity contribution in [2.24, 2.45) is 0 Å². The lowest BCUT2D eigenvalue weighted by Crippen LogP contribution is -2.31. The smallest absolute Gasteiger partial charge is 0.338 e. The van der Waals surface area contributed by atoms with Crippen molar-refractivity contribution < 1.29 is 28.2 Å². The van der Waals surface area contributed by atoms with Crippen LogP contribution < -0.4 is 14.8 Å². The number of carbonyl (C=O) groups is 2. The molecule has 1 N–H and O–H groups in total. The summed E-state index contributed by atoms with van der Waals surface area (Å²) in [6.45, 7) is 3.72. The Labute approximate surface area is 145 Å². The minimum Gasteiger partial charge on any atom is -0.493 e. The Balaban J connectivity index is 1.90. The zero-order valence-corrected chi connectivity index (χ0v) is 14.4. The maximum absolute atomic E-state index is 12.1. The second-order valence-electron chi connectivity index (χ2n) is 5.18. The number of esters is 1. The maximum Gasteiger partial charge on any atom is 0.338 e. The predicted octanol–water partition coefficient (Wildman–Crippen LogP) is 2.72. The molecule has 1 amide bonds. The Morgan fingerprint density at radius 2 is 2.04 bits per heavy atom. The quantitative estimate of drug-likeness (QED) is 0.739. The molecule has 0 fully saturated rings. The summed E-state index contributed by atoms with van der Waals surface area (Å²) in [5, 5.41) is 2.68. The number of ether oxygens (including phenoxy) is 3. The van der Waals surface area contributed by atoms with Crippen LogP contribution in [-0.2, 0) is 9.53 Å². The maximum atomic E-state index is 12.1. The number of methoxy groups -OCH3 is 1. The van der Waals surface area contributed by atoms with Crippen LogP contribution in [0, 0.1) is 0 Å². The van der Waals surface area contributed by atoms with Crippen LogP contribution in [0.4, 0.5) is 0 Å². The van der Waals surface area contributed by atoms with Crippen LogP contribution in [0.25, 0.3) is 0 Å². The van der Waals surface area contributed by atoms with Gasteiger partial charge in [0.05, 0.1) is 31.6 Å². The van der Waals surface area contributed by atoms with Gasteiger partial charge in [0.2, 0.25) is 0 Å². The fourth-order valence-electron chi connectivity index (χ4n) is 2.18. The fourth-order valence-corrected chi connectivity index (χ4v) is 2.18. The third kappa shape index (κ3) is 5.00. The van der Waals surface area contributed by atoms with Crippen LogP contribution in [0.2, 0.25) is 0 Å². The summed E-state index contributed by atoms with van der Waals surface area (Å²) in [7, 11) is 1.48. The number of rotatable bonds is 8. The van der Waals surface area contributed by atoms with Crippen molar-refractivity contribution in [1.82, 2.24) is 5.32 Å². The van der Waals surface area contributed by atoms with Crippen molar-refractivity contribution in [1.29, 1.82) is 0 Å². The molecule has 1 atom stereocenters. The van der Waals surface area contributed by atoms with Crippen LogP contribution >= 0.6 is 0 Å². The van der Waals surface area contributed by atoms with Gasteiger partial charge >= 0.3 is 5.97 Å². The Kier molecular flexibility index (Phi) is 6.45. The first-order valence-electron chi connectivity index (χ1n) is 7.85. The highest BCUT2D eigenvalue weighted by molar-refractivity contribution is 5.92. The summed E-state index contributed by atoms with van der Waals surface area (Å²) >= 11 is 0. The SMILES string of the molecule is CCOc1ccc(C(=O)OCC(=O)N[C@H](C)c2ccco2)cc1OC. The van der Waals surface area contributed by atoms with Gasteiger partial charge in [-0.05, 0) is 44.2 Å². The van der Waals surface area contributed by atoms with Crippen LogP contribution in [0.3, 0.4) is 0 Å². The minimum atomic E-state index is -0.623. The Bertz CT molecular complexity index is 710. The fraction of sp³-hybridized carbons (Fsp3) is 0.333. The van der Waals surface area contributed by atoms with Gasteiger partial charge in [0.25, 0.3) is 5.91 Å². The van der Waals surface area contributed by atoms with Gasteiger partial charge in [0, 0.05) is 0 Å². The summed E-state index contributed by atoms with van der Waals surface area (Å²) in [5.74, 6) is 0.534. The molecule has 2 rings (SSSR count). The molecule has 1 heterocycles. The highest BCUT2D eigenvalue weighted by Gasteiger charge is 2.16. The van der Waals surface area contributed by atoms with Gasteiger partial charge in [0.1, 0.15) is 5.76 Å². The standard InChI is InChI=1S/C18H21NO6/c1-4-23-15-8-7-13(10-16(15)22-3)18(21)25-11-17(20)19-12(2)14-6-5-9-24-14/h5-10,12H,4,11H2,1-3H3,(H,19,20)/t12-/m1/s1. The summed E-state index contributed by atoms with van der Waals surface area (Å²) in [6.07, 6.45) is 1.53. The lowest BCUT2D eigenvalue weighted by molar-refractivity contribution is -0.125. The normalized spacial score (nSPS) is 11.5. The molecule has 0 aliphatic rings. The molecule has 0 saturated carbocycles. The Morgan fingerprint density at radius 1 is 1.24 bits per heavy atom. The number of nitrogens with one attached hydrogen (secondary N) is 1. The second kappa shape index (κ2) is 8.77. The Morgan fingerprint density at radius 3 is 2.68 bits per heavy atom. The summed E-state index contributed by atoms with van der Waals surface area (Å²) in [4.78, 5) is 24.0. The van der Waals surface area contributed by atoms with E-state index in [1.54, 1.807) is 31.2 Å². The number of amides is 1. The minimum absolute atomic E-state index is 0.271. The van der Waals surface area contributed by atoms with E-state index >= 15 is 0 Å². The van der Waals surface area contributed by atoms with Crippen molar-refractivity contribution in [2.45, 2.75) is 19.9 Å². The van der Waals surface area contributed by atoms with Gasteiger partial charge in [0.15, 0.2) is 18.1 Å². The largest absolute Gasteiger partial charge is 0.493 e. The molecule has 0 radical (unpaired) electrons. The molecule has 0 unspecified atom stereocenters. The van der Waals surface area contributed by atoms with E-state index in [9.17, 15) is 9.59 Å². The number of furan rings is 1. The van der Waals surface area contributed by atoms with Gasteiger partial charge in [-0.1, -0.05) is 0 Å². The molecule has 0 saturated heterocycles. The van der Waals surface area contributed by atoms with Gasteiger partial charge in [-0.3, -0.25) is 4.79 Å². The second-order valence-corrected chi connectivity index (χ2v) is 5.18. The average Bonchev–Trinajstić information content (AvgIpc) is 3.15. The molecule has 7 heteroatoms. The molecule has 0 aliphatic carbocycles. The molecule has 1 aromatic carbocycles. The van der Waals surface area contributed by atoms with E-state index in [2.05, 4.69) is 5.32 Å². The Hall–Kier alpha value is -2.96. The number of hydrogen-bond donors (Lipinski definition) is 1. The van der Waals surface area contributed by atoms with Crippen LogP contribution in [-0.4, -0.2) is 32.2 Å². The molecular weight excluding hydrogens is 326 g/mol. The molecule has 0 spiro atoms. The first kappa shape index (κ1) is 18.4. The molecule has 7 nitrogen and oxygen atoms in total. The molecule has 0 aliphatic heterocycles. The van der Waals surface area contributed by atoms with Crippen molar-refractivity contribution in [2.75, 3.05) is 20.3 Å². The topological polar surface area (TPSA) is 87.0 Å². The number of hydrogen-bond acceptors (Lipinski definition) is 6. The van der Waals surface area contributed by atoms with E-state index in [1.807, 2.05) is 6.92 Å². The molecule has 0 bridgehead atoms. The summed E-state index contributed by atoms with van der Waals surface area (Å²) in [5.41, 5.74) is 0.271.